The number of halogens is 1. The summed E-state index contributed by atoms with van der Waals surface area (Å²) in [6, 6.07) is 6.29. The van der Waals surface area contributed by atoms with Crippen LogP contribution in [-0.4, -0.2) is 44.1 Å². The zero-order valence-electron chi connectivity index (χ0n) is 11.5. The van der Waals surface area contributed by atoms with Gasteiger partial charge in [0.25, 0.3) is 0 Å². The summed E-state index contributed by atoms with van der Waals surface area (Å²) < 4.78 is 0. The Bertz CT molecular complexity index is 560. The molecule has 1 aromatic rings. The van der Waals surface area contributed by atoms with Crippen LogP contribution in [-0.2, 0) is 9.59 Å². The van der Waals surface area contributed by atoms with Gasteiger partial charge in [-0.05, 0) is 30.7 Å². The number of aliphatic carboxylic acids is 2. The molecule has 1 aromatic carbocycles. The molecule has 120 valence electrons. The Morgan fingerprint density at radius 1 is 1.23 bits per heavy atom. The van der Waals surface area contributed by atoms with Crippen molar-refractivity contribution in [3.8, 4) is 0 Å². The molecule has 0 aliphatic rings. The predicted octanol–water partition coefficient (Wildman–Crippen LogP) is 2.40. The van der Waals surface area contributed by atoms with E-state index in [1.165, 1.54) is 0 Å². The molecule has 1 rings (SSSR count). The van der Waals surface area contributed by atoms with Gasteiger partial charge < -0.3 is 10.2 Å². The fraction of sp³-hybridized carbons (Fsp3) is 0.308. The summed E-state index contributed by atoms with van der Waals surface area (Å²) in [7, 11) is -3.69. The van der Waals surface area contributed by atoms with Crippen molar-refractivity contribution in [3.63, 3.8) is 0 Å². The first-order valence-corrected chi connectivity index (χ1v) is 8.61. The summed E-state index contributed by atoms with van der Waals surface area (Å²) in [5.41, 5.74) is 0.439. The quantitative estimate of drug-likeness (QED) is 0.422. The van der Waals surface area contributed by atoms with Crippen molar-refractivity contribution in [1.82, 2.24) is 0 Å². The number of rotatable bonds is 8. The van der Waals surface area contributed by atoms with Gasteiger partial charge in [0.1, 0.15) is 6.16 Å². The summed E-state index contributed by atoms with van der Waals surface area (Å²) in [5, 5.41) is 18.1. The van der Waals surface area contributed by atoms with E-state index in [9.17, 15) is 19.4 Å². The topological polar surface area (TPSA) is 127 Å². The van der Waals surface area contributed by atoms with Crippen LogP contribution in [0.3, 0.4) is 0 Å². The maximum Gasteiger partial charge on any atom is 0.312 e. The number of carboxylic acids is 2. The monoisotopic (exact) mass is 348 g/mol. The Balaban J connectivity index is 2.72. The van der Waals surface area contributed by atoms with Crippen molar-refractivity contribution in [3.05, 3.63) is 29.3 Å². The van der Waals surface area contributed by atoms with E-state index in [-0.39, 0.29) is 12.8 Å². The van der Waals surface area contributed by atoms with Gasteiger partial charge >= 0.3 is 19.7 Å². The fourth-order valence-electron chi connectivity index (χ4n) is 1.65. The molecule has 0 fully saturated rings. The molecule has 0 aromatic heterocycles. The maximum atomic E-state index is 11.0. The van der Waals surface area contributed by atoms with E-state index in [2.05, 4.69) is 4.99 Å². The van der Waals surface area contributed by atoms with Gasteiger partial charge in [-0.3, -0.25) is 9.59 Å². The molecule has 0 saturated carbocycles. The molecule has 0 heterocycles. The van der Waals surface area contributed by atoms with Crippen molar-refractivity contribution in [2.45, 2.75) is 12.8 Å². The fourth-order valence-corrected chi connectivity index (χ4v) is 3.17. The third kappa shape index (κ3) is 6.95. The predicted molar refractivity (Wildman–Crippen MR) is 83.8 cm³/mol. The van der Waals surface area contributed by atoms with Gasteiger partial charge in [-0.15, -0.1) is 0 Å². The standard InChI is InChI=1S/C13H15ClNO6P/c14-10-2-4-11(5-3-10)15-8-22(20,21)7-9(13(18)19)1-6-12(16)17/h2-5,8-9,20-21H,1,6-7H2,(H-,16,17,18,19)/p+1. The molecular weight excluding hydrogens is 333 g/mol. The molecule has 0 amide bonds. The molecule has 0 aliphatic carbocycles. The summed E-state index contributed by atoms with van der Waals surface area (Å²) in [6.45, 7) is 0. The van der Waals surface area contributed by atoms with Crippen LogP contribution < -0.4 is 0 Å². The second-order valence-electron chi connectivity index (χ2n) is 4.66. The third-order valence-electron chi connectivity index (χ3n) is 2.76. The van der Waals surface area contributed by atoms with Gasteiger partial charge in [0.2, 0.25) is 5.96 Å². The van der Waals surface area contributed by atoms with Crippen LogP contribution in [0.4, 0.5) is 5.69 Å². The number of carboxylic acid groups (broad SMARTS) is 2. The highest BCUT2D eigenvalue weighted by Gasteiger charge is 2.38. The van der Waals surface area contributed by atoms with Gasteiger partial charge in [0.15, 0.2) is 0 Å². The number of hydrogen-bond acceptors (Lipinski definition) is 5. The number of nitrogens with zero attached hydrogens (tertiary/aromatic N) is 1. The van der Waals surface area contributed by atoms with Gasteiger partial charge in [-0.1, -0.05) is 11.6 Å². The molecule has 1 unspecified atom stereocenters. The molecule has 0 saturated heterocycles. The molecular formula is C13H16ClNO6P+. The molecule has 0 aliphatic heterocycles. The summed E-state index contributed by atoms with van der Waals surface area (Å²) >= 11 is 5.71. The highest BCUT2D eigenvalue weighted by atomic mass is 35.5. The lowest BCUT2D eigenvalue weighted by atomic mass is 10.1. The van der Waals surface area contributed by atoms with Gasteiger partial charge in [-0.2, -0.15) is 0 Å². The average Bonchev–Trinajstić information content (AvgIpc) is 2.42. The summed E-state index contributed by atoms with van der Waals surface area (Å²) in [6.07, 6.45) is -0.986. The number of carbonyl (C=O) groups is 2. The lowest BCUT2D eigenvalue weighted by molar-refractivity contribution is -0.142. The minimum absolute atomic E-state index is 0.178. The van der Waals surface area contributed by atoms with Crippen LogP contribution in [0, 0.1) is 5.92 Å². The maximum absolute atomic E-state index is 11.0. The Kier molecular flexibility index (Phi) is 6.90. The Morgan fingerprint density at radius 2 is 1.82 bits per heavy atom. The molecule has 1 atom stereocenters. The zero-order chi connectivity index (χ0) is 16.8. The molecule has 9 heteroatoms. The van der Waals surface area contributed by atoms with Crippen LogP contribution in [0.25, 0.3) is 0 Å². The minimum atomic E-state index is -3.69. The first-order chi connectivity index (χ1) is 10.2. The highest BCUT2D eigenvalue weighted by Crippen LogP contribution is 2.49. The van der Waals surface area contributed by atoms with Crippen LogP contribution in [0.2, 0.25) is 5.02 Å². The van der Waals surface area contributed by atoms with Crippen molar-refractivity contribution in [2.75, 3.05) is 6.16 Å². The van der Waals surface area contributed by atoms with E-state index in [1.54, 1.807) is 24.3 Å². The van der Waals surface area contributed by atoms with E-state index < -0.39 is 31.7 Å². The van der Waals surface area contributed by atoms with Crippen molar-refractivity contribution in [2.24, 2.45) is 10.9 Å². The molecule has 0 bridgehead atoms. The first kappa shape index (κ1) is 18.5. The third-order valence-corrected chi connectivity index (χ3v) is 4.48. The second-order valence-corrected chi connectivity index (χ2v) is 7.26. The van der Waals surface area contributed by atoms with E-state index in [4.69, 9.17) is 21.8 Å². The van der Waals surface area contributed by atoms with Crippen LogP contribution in [0.15, 0.2) is 29.3 Å². The lowest BCUT2D eigenvalue weighted by Gasteiger charge is -2.13. The zero-order valence-corrected chi connectivity index (χ0v) is 13.1. The largest absolute Gasteiger partial charge is 0.481 e. The molecule has 7 nitrogen and oxygen atoms in total. The van der Waals surface area contributed by atoms with E-state index >= 15 is 0 Å². The minimum Gasteiger partial charge on any atom is -0.481 e. The van der Waals surface area contributed by atoms with Crippen molar-refractivity contribution in [1.29, 1.82) is 0 Å². The summed E-state index contributed by atoms with van der Waals surface area (Å²) in [4.78, 5) is 45.2. The Hall–Kier alpha value is -1.53. The van der Waals surface area contributed by atoms with E-state index in [0.717, 1.165) is 5.96 Å². The SMILES string of the molecule is O=C(O)CCC(C[P+](O)(O)C=Nc1ccc(Cl)cc1)C(=O)O. The highest BCUT2D eigenvalue weighted by molar-refractivity contribution is 7.79. The van der Waals surface area contributed by atoms with Gasteiger partial charge in [0.05, 0.1) is 11.6 Å². The van der Waals surface area contributed by atoms with Gasteiger partial charge in [0, 0.05) is 11.4 Å². The van der Waals surface area contributed by atoms with Crippen LogP contribution in [0.5, 0.6) is 0 Å². The number of benzene rings is 1. The smallest absolute Gasteiger partial charge is 0.312 e. The number of aliphatic imine (C=N–C) groups is 1. The van der Waals surface area contributed by atoms with Gasteiger partial charge in [-0.25, -0.2) is 14.8 Å². The molecule has 0 radical (unpaired) electrons. The normalized spacial score (nSPS) is 13.2. The first-order valence-electron chi connectivity index (χ1n) is 6.28. The van der Waals surface area contributed by atoms with E-state index in [0.29, 0.717) is 10.7 Å². The molecule has 4 N–H and O–H groups in total. The number of hydrogen-bond donors (Lipinski definition) is 4. The second kappa shape index (κ2) is 8.19. The van der Waals surface area contributed by atoms with Crippen LogP contribution in [0.1, 0.15) is 12.8 Å². The van der Waals surface area contributed by atoms with Crippen molar-refractivity contribution >= 4 is 42.9 Å². The summed E-state index contributed by atoms with van der Waals surface area (Å²) in [5.74, 6) is -2.64. The average molecular weight is 349 g/mol. The Labute approximate surface area is 132 Å². The molecule has 22 heavy (non-hydrogen) atoms. The Morgan fingerprint density at radius 3 is 2.32 bits per heavy atom. The lowest BCUT2D eigenvalue weighted by Crippen LogP contribution is -2.21. The van der Waals surface area contributed by atoms with Crippen LogP contribution >= 0.6 is 19.3 Å². The molecule has 0 spiro atoms. The van der Waals surface area contributed by atoms with Crippen molar-refractivity contribution < 1.29 is 29.6 Å². The van der Waals surface area contributed by atoms with E-state index in [1.807, 2.05) is 0 Å².